The van der Waals surface area contributed by atoms with Crippen LogP contribution in [0.4, 0.5) is 5.95 Å². The first-order valence-corrected chi connectivity index (χ1v) is 6.60. The van der Waals surface area contributed by atoms with E-state index < -0.39 is 0 Å². The van der Waals surface area contributed by atoms with E-state index in [9.17, 15) is 0 Å². The van der Waals surface area contributed by atoms with Crippen molar-refractivity contribution < 1.29 is 0 Å². The topological polar surface area (TPSA) is 29.9 Å². The monoisotopic (exact) mass is 291 g/mol. The number of imidazole rings is 1. The zero-order valence-corrected chi connectivity index (χ0v) is 11.2. The Morgan fingerprint density at radius 3 is 3.00 bits per heavy atom. The van der Waals surface area contributed by atoms with Gasteiger partial charge in [-0.15, -0.1) is 0 Å². The summed E-state index contributed by atoms with van der Waals surface area (Å²) in [5.41, 5.74) is 2.37. The predicted octanol–water partition coefficient (Wildman–Crippen LogP) is 3.52. The molecule has 1 heterocycles. The number of hydrogen-bond acceptors (Lipinski definition) is 2. The van der Waals surface area contributed by atoms with Crippen LogP contribution < -0.4 is 5.32 Å². The van der Waals surface area contributed by atoms with Gasteiger partial charge in [0.15, 0.2) is 0 Å². The van der Waals surface area contributed by atoms with Crippen LogP contribution in [0.3, 0.4) is 0 Å². The van der Waals surface area contributed by atoms with Gasteiger partial charge in [-0.2, -0.15) is 0 Å². The van der Waals surface area contributed by atoms with E-state index in [1.807, 2.05) is 12.4 Å². The first-order valence-electron chi connectivity index (χ1n) is 5.80. The largest absolute Gasteiger partial charge is 0.353 e. The molecule has 1 aliphatic rings. The van der Waals surface area contributed by atoms with Crippen LogP contribution in [0.25, 0.3) is 5.69 Å². The summed E-state index contributed by atoms with van der Waals surface area (Å²) < 4.78 is 3.18. The van der Waals surface area contributed by atoms with Crippen molar-refractivity contribution in [2.45, 2.75) is 25.8 Å². The van der Waals surface area contributed by atoms with Gasteiger partial charge in [0.1, 0.15) is 0 Å². The highest BCUT2D eigenvalue weighted by atomic mass is 79.9. The Labute approximate surface area is 109 Å². The molecule has 0 unspecified atom stereocenters. The summed E-state index contributed by atoms with van der Waals surface area (Å²) in [5, 5.41) is 3.44. The van der Waals surface area contributed by atoms with Gasteiger partial charge in [0, 0.05) is 22.9 Å². The number of aromatic nitrogens is 2. The maximum Gasteiger partial charge on any atom is 0.207 e. The summed E-state index contributed by atoms with van der Waals surface area (Å²) in [4.78, 5) is 4.37. The third-order valence-electron chi connectivity index (χ3n) is 2.91. The standard InChI is InChI=1S/C13H14BrN3/c1-9-2-5-11(14)12(8-9)17-7-6-15-13(17)16-10-3-4-10/h2,5-8,10H,3-4H2,1H3,(H,15,16). The molecule has 1 aliphatic carbocycles. The quantitative estimate of drug-likeness (QED) is 0.938. The fraction of sp³-hybridized carbons (Fsp3) is 0.308. The molecular weight excluding hydrogens is 278 g/mol. The maximum absolute atomic E-state index is 4.37. The number of aryl methyl sites for hydroxylation is 1. The first-order chi connectivity index (χ1) is 8.24. The molecule has 2 aromatic rings. The molecule has 4 heteroatoms. The lowest BCUT2D eigenvalue weighted by atomic mass is 10.2. The third kappa shape index (κ3) is 2.22. The average Bonchev–Trinajstić information content (AvgIpc) is 3.00. The minimum absolute atomic E-state index is 0.611. The van der Waals surface area contributed by atoms with Crippen molar-refractivity contribution in [3.05, 3.63) is 40.6 Å². The smallest absolute Gasteiger partial charge is 0.207 e. The van der Waals surface area contributed by atoms with E-state index >= 15 is 0 Å². The number of rotatable bonds is 3. The molecule has 1 N–H and O–H groups in total. The van der Waals surface area contributed by atoms with Crippen LogP contribution in [0.5, 0.6) is 0 Å². The molecule has 1 aromatic heterocycles. The Balaban J connectivity index is 2.01. The fourth-order valence-electron chi connectivity index (χ4n) is 1.82. The molecule has 1 saturated carbocycles. The van der Waals surface area contributed by atoms with Crippen LogP contribution in [-0.4, -0.2) is 15.6 Å². The van der Waals surface area contributed by atoms with Crippen LogP contribution in [0.2, 0.25) is 0 Å². The Morgan fingerprint density at radius 2 is 2.24 bits per heavy atom. The lowest BCUT2D eigenvalue weighted by molar-refractivity contribution is 0.996. The highest BCUT2D eigenvalue weighted by Gasteiger charge is 2.23. The van der Waals surface area contributed by atoms with Crippen molar-refractivity contribution in [2.24, 2.45) is 0 Å². The molecular formula is C13H14BrN3. The van der Waals surface area contributed by atoms with Gasteiger partial charge in [-0.1, -0.05) is 6.07 Å². The lowest BCUT2D eigenvalue weighted by Crippen LogP contribution is -2.08. The molecule has 0 aliphatic heterocycles. The second-order valence-electron chi connectivity index (χ2n) is 4.49. The predicted molar refractivity (Wildman–Crippen MR) is 72.6 cm³/mol. The van der Waals surface area contributed by atoms with Crippen molar-refractivity contribution >= 4 is 21.9 Å². The summed E-state index contributed by atoms with van der Waals surface area (Å²) in [5.74, 6) is 0.929. The van der Waals surface area contributed by atoms with Gasteiger partial charge in [0.2, 0.25) is 5.95 Å². The zero-order chi connectivity index (χ0) is 11.8. The van der Waals surface area contributed by atoms with Gasteiger partial charge < -0.3 is 5.32 Å². The van der Waals surface area contributed by atoms with Gasteiger partial charge in [-0.05, 0) is 53.4 Å². The molecule has 3 rings (SSSR count). The van der Waals surface area contributed by atoms with Crippen molar-refractivity contribution in [3.63, 3.8) is 0 Å². The molecule has 0 bridgehead atoms. The molecule has 1 aromatic carbocycles. The second kappa shape index (κ2) is 4.18. The summed E-state index contributed by atoms with van der Waals surface area (Å²) in [6.07, 6.45) is 6.33. The van der Waals surface area contributed by atoms with E-state index in [1.54, 1.807) is 0 Å². The third-order valence-corrected chi connectivity index (χ3v) is 3.58. The Morgan fingerprint density at radius 1 is 1.41 bits per heavy atom. The molecule has 1 fully saturated rings. The summed E-state index contributed by atoms with van der Waals surface area (Å²) in [6.45, 7) is 2.10. The first kappa shape index (κ1) is 10.8. The van der Waals surface area contributed by atoms with Gasteiger partial charge >= 0.3 is 0 Å². The van der Waals surface area contributed by atoms with E-state index in [0.29, 0.717) is 6.04 Å². The van der Waals surface area contributed by atoms with Gasteiger partial charge in [-0.25, -0.2) is 4.98 Å². The van der Waals surface area contributed by atoms with Gasteiger partial charge in [0.25, 0.3) is 0 Å². The molecule has 17 heavy (non-hydrogen) atoms. The minimum Gasteiger partial charge on any atom is -0.353 e. The van der Waals surface area contributed by atoms with Crippen LogP contribution in [0, 0.1) is 6.92 Å². The van der Waals surface area contributed by atoms with Crippen molar-refractivity contribution in [3.8, 4) is 5.69 Å². The number of halogens is 1. The van der Waals surface area contributed by atoms with E-state index in [0.717, 1.165) is 16.1 Å². The van der Waals surface area contributed by atoms with E-state index in [4.69, 9.17) is 0 Å². The summed E-state index contributed by atoms with van der Waals surface area (Å²) in [6, 6.07) is 6.94. The Hall–Kier alpha value is -1.29. The van der Waals surface area contributed by atoms with Crippen LogP contribution in [-0.2, 0) is 0 Å². The maximum atomic E-state index is 4.37. The second-order valence-corrected chi connectivity index (χ2v) is 5.35. The van der Waals surface area contributed by atoms with Crippen LogP contribution in [0.15, 0.2) is 35.1 Å². The molecule has 0 amide bonds. The van der Waals surface area contributed by atoms with Crippen LogP contribution >= 0.6 is 15.9 Å². The Bertz CT molecular complexity index is 543. The average molecular weight is 292 g/mol. The van der Waals surface area contributed by atoms with Crippen molar-refractivity contribution in [1.82, 2.24) is 9.55 Å². The fourth-order valence-corrected chi connectivity index (χ4v) is 2.26. The molecule has 0 spiro atoms. The molecule has 3 nitrogen and oxygen atoms in total. The molecule has 0 radical (unpaired) electrons. The molecule has 0 saturated heterocycles. The van der Waals surface area contributed by atoms with E-state index in [-0.39, 0.29) is 0 Å². The van der Waals surface area contributed by atoms with Crippen LogP contribution in [0.1, 0.15) is 18.4 Å². The van der Waals surface area contributed by atoms with E-state index in [2.05, 4.69) is 55.9 Å². The number of anilines is 1. The van der Waals surface area contributed by atoms with Gasteiger partial charge in [-0.3, -0.25) is 4.57 Å². The van der Waals surface area contributed by atoms with Gasteiger partial charge in [0.05, 0.1) is 5.69 Å². The summed E-state index contributed by atoms with van der Waals surface area (Å²) in [7, 11) is 0. The number of nitrogens with zero attached hydrogens (tertiary/aromatic N) is 2. The lowest BCUT2D eigenvalue weighted by Gasteiger charge is -2.11. The Kier molecular flexibility index (Phi) is 2.67. The SMILES string of the molecule is Cc1ccc(Br)c(-n2ccnc2NC2CC2)c1. The number of nitrogens with one attached hydrogen (secondary N) is 1. The summed E-state index contributed by atoms with van der Waals surface area (Å²) >= 11 is 3.59. The number of hydrogen-bond donors (Lipinski definition) is 1. The molecule has 88 valence electrons. The minimum atomic E-state index is 0.611. The highest BCUT2D eigenvalue weighted by Crippen LogP contribution is 2.28. The van der Waals surface area contributed by atoms with E-state index in [1.165, 1.54) is 18.4 Å². The number of benzene rings is 1. The highest BCUT2D eigenvalue weighted by molar-refractivity contribution is 9.10. The molecule has 0 atom stereocenters. The van der Waals surface area contributed by atoms with Crippen molar-refractivity contribution in [1.29, 1.82) is 0 Å². The van der Waals surface area contributed by atoms with Crippen molar-refractivity contribution in [2.75, 3.05) is 5.32 Å². The zero-order valence-electron chi connectivity index (χ0n) is 9.65. The normalized spacial score (nSPS) is 14.9.